The molecule has 2 unspecified atom stereocenters. The predicted molar refractivity (Wildman–Crippen MR) is 149 cm³/mol. The van der Waals surface area contributed by atoms with Gasteiger partial charge in [0.15, 0.2) is 17.6 Å². The fraction of sp³-hybridized carbons (Fsp3) is 0.607. The third-order valence-corrected chi connectivity index (χ3v) is 9.18. The lowest BCUT2D eigenvalue weighted by Crippen LogP contribution is -2.54. The molecule has 11 nitrogen and oxygen atoms in total. The number of halogens is 1. The molecular formula is C28H35ClN8O3. The zero-order valence-corrected chi connectivity index (χ0v) is 23.6. The van der Waals surface area contributed by atoms with Gasteiger partial charge in [0.2, 0.25) is 5.95 Å². The lowest BCUT2D eigenvalue weighted by molar-refractivity contribution is 0.00642. The molecule has 12 heteroatoms. The average molecular weight is 567 g/mol. The highest BCUT2D eigenvalue weighted by Gasteiger charge is 2.42. The minimum absolute atomic E-state index is 0.175. The fourth-order valence-corrected chi connectivity index (χ4v) is 7.07. The quantitative estimate of drug-likeness (QED) is 0.450. The largest absolute Gasteiger partial charge is 0.427 e. The Kier molecular flexibility index (Phi) is 6.76. The van der Waals surface area contributed by atoms with Gasteiger partial charge in [-0.25, -0.2) is 14.8 Å². The summed E-state index contributed by atoms with van der Waals surface area (Å²) in [5, 5.41) is 3.23. The zero-order chi connectivity index (χ0) is 27.4. The van der Waals surface area contributed by atoms with Crippen molar-refractivity contribution in [1.29, 1.82) is 0 Å². The average Bonchev–Trinajstić information content (AvgIpc) is 3.68. The summed E-state index contributed by atoms with van der Waals surface area (Å²) >= 11 is 6.41. The number of hydrogen-bond acceptors (Lipinski definition) is 9. The van der Waals surface area contributed by atoms with Gasteiger partial charge in [-0.15, -0.1) is 5.48 Å². The molecule has 1 amide bonds. The van der Waals surface area contributed by atoms with Crippen molar-refractivity contribution in [3.05, 3.63) is 29.3 Å². The molecule has 0 radical (unpaired) electrons. The SMILES string of the molecule is CC1CCC(Cn2c(N3C(C)CO[C@@H]4CCC[C@H]43)nc3nc(C4NOC(=O)N4)nc(-c4cncc(Cl)c4)c32)CC1. The smallest absolute Gasteiger partial charge is 0.374 e. The summed E-state index contributed by atoms with van der Waals surface area (Å²) in [7, 11) is 0. The summed E-state index contributed by atoms with van der Waals surface area (Å²) < 4.78 is 8.60. The van der Waals surface area contributed by atoms with E-state index in [9.17, 15) is 4.79 Å². The van der Waals surface area contributed by atoms with E-state index in [4.69, 9.17) is 36.1 Å². The van der Waals surface area contributed by atoms with E-state index in [1.165, 1.54) is 25.7 Å². The second kappa shape index (κ2) is 10.4. The lowest BCUT2D eigenvalue weighted by Gasteiger charge is -2.43. The molecule has 3 aromatic heterocycles. The van der Waals surface area contributed by atoms with E-state index in [0.717, 1.165) is 48.8 Å². The maximum Gasteiger partial charge on any atom is 0.427 e. The molecule has 0 aromatic carbocycles. The Morgan fingerprint density at radius 1 is 1.07 bits per heavy atom. The molecule has 0 bridgehead atoms. The monoisotopic (exact) mass is 566 g/mol. The predicted octanol–water partition coefficient (Wildman–Crippen LogP) is 4.76. The highest BCUT2D eigenvalue weighted by Crippen LogP contribution is 2.40. The molecule has 2 saturated carbocycles. The van der Waals surface area contributed by atoms with Crippen molar-refractivity contribution in [2.45, 2.75) is 89.7 Å². The number of carbonyl (C=O) groups is 1. The van der Waals surface area contributed by atoms with Crippen LogP contribution in [0.15, 0.2) is 18.5 Å². The molecule has 0 spiro atoms. The van der Waals surface area contributed by atoms with Crippen LogP contribution < -0.4 is 15.7 Å². The standard InChI is InChI=1S/C28H35ClN8O3/c1-15-6-8-17(9-7-15)13-36-23-22(18-10-19(29)12-30-11-18)31-25(26-34-28(38)40-35-26)32-24(23)33-27(36)37-16(2)14-39-21-5-3-4-20(21)37/h10-12,15-17,20-21,26,35H,3-9,13-14H2,1-2H3,(H,34,38)/t15?,16?,17?,20-,21-,26?/m1/s1. The summed E-state index contributed by atoms with van der Waals surface area (Å²) in [4.78, 5) is 38.7. The first kappa shape index (κ1) is 25.9. The van der Waals surface area contributed by atoms with Gasteiger partial charge in [0.25, 0.3) is 0 Å². The second-order valence-electron chi connectivity index (χ2n) is 11.9. The van der Waals surface area contributed by atoms with E-state index >= 15 is 0 Å². The van der Waals surface area contributed by atoms with Crippen LogP contribution in [0.5, 0.6) is 0 Å². The molecule has 3 aromatic rings. The normalized spacial score (nSPS) is 30.4. The van der Waals surface area contributed by atoms with Crippen molar-refractivity contribution in [3.63, 3.8) is 0 Å². The number of ether oxygens (including phenoxy) is 1. The summed E-state index contributed by atoms with van der Waals surface area (Å²) in [5.41, 5.74) is 5.57. The van der Waals surface area contributed by atoms with Crippen LogP contribution in [-0.4, -0.2) is 55.4 Å². The van der Waals surface area contributed by atoms with Gasteiger partial charge in [0.1, 0.15) is 11.2 Å². The highest BCUT2D eigenvalue weighted by atomic mass is 35.5. The number of anilines is 1. The molecule has 2 saturated heterocycles. The molecule has 5 heterocycles. The zero-order valence-electron chi connectivity index (χ0n) is 22.8. The molecule has 2 aliphatic heterocycles. The Labute approximate surface area is 238 Å². The molecule has 212 valence electrons. The summed E-state index contributed by atoms with van der Waals surface area (Å²) in [6, 6.07) is 2.31. The fourth-order valence-electron chi connectivity index (χ4n) is 6.89. The van der Waals surface area contributed by atoms with E-state index < -0.39 is 12.3 Å². The van der Waals surface area contributed by atoms with Crippen LogP contribution in [-0.2, 0) is 16.1 Å². The van der Waals surface area contributed by atoms with Crippen LogP contribution in [0.4, 0.5) is 10.7 Å². The van der Waals surface area contributed by atoms with E-state index in [1.807, 2.05) is 6.07 Å². The van der Waals surface area contributed by atoms with Gasteiger partial charge in [-0.1, -0.05) is 31.4 Å². The van der Waals surface area contributed by atoms with E-state index in [-0.39, 0.29) is 18.2 Å². The number of rotatable bonds is 5. The third-order valence-electron chi connectivity index (χ3n) is 8.98. The summed E-state index contributed by atoms with van der Waals surface area (Å²) in [5.74, 6) is 2.59. The van der Waals surface area contributed by atoms with Crippen LogP contribution in [0.25, 0.3) is 22.4 Å². The number of imidazole rings is 1. The van der Waals surface area contributed by atoms with Crippen LogP contribution in [0.3, 0.4) is 0 Å². The Balaban J connectivity index is 1.43. The highest BCUT2D eigenvalue weighted by molar-refractivity contribution is 6.30. The summed E-state index contributed by atoms with van der Waals surface area (Å²) in [6.07, 6.45) is 10.5. The maximum absolute atomic E-state index is 11.8. The number of hydroxylamine groups is 1. The molecule has 2 aliphatic carbocycles. The minimum Gasteiger partial charge on any atom is -0.374 e. The number of nitrogens with zero attached hydrogens (tertiary/aromatic N) is 6. The van der Waals surface area contributed by atoms with Crippen LogP contribution in [0, 0.1) is 11.8 Å². The summed E-state index contributed by atoms with van der Waals surface area (Å²) in [6.45, 7) is 6.08. The Hall–Kier alpha value is -3.02. The van der Waals surface area contributed by atoms with Crippen LogP contribution in [0.2, 0.25) is 5.02 Å². The van der Waals surface area contributed by atoms with Crippen molar-refractivity contribution < 1.29 is 14.4 Å². The van der Waals surface area contributed by atoms with Crippen molar-refractivity contribution >= 4 is 34.8 Å². The van der Waals surface area contributed by atoms with Crippen LogP contribution in [0.1, 0.15) is 70.8 Å². The number of aromatic nitrogens is 5. The number of amides is 1. The molecule has 2 N–H and O–H groups in total. The Morgan fingerprint density at radius 3 is 2.70 bits per heavy atom. The van der Waals surface area contributed by atoms with E-state index in [2.05, 4.69) is 39.1 Å². The van der Waals surface area contributed by atoms with Gasteiger partial charge in [-0.05, 0) is 56.9 Å². The number of pyridine rings is 1. The number of morpholine rings is 1. The lowest BCUT2D eigenvalue weighted by atomic mass is 9.83. The Bertz CT molecular complexity index is 1420. The molecule has 4 fully saturated rings. The first-order valence-corrected chi connectivity index (χ1v) is 14.8. The number of carbonyl (C=O) groups excluding carboxylic acids is 1. The molecule has 7 rings (SSSR count). The van der Waals surface area contributed by atoms with Gasteiger partial charge >= 0.3 is 6.09 Å². The van der Waals surface area contributed by atoms with Crippen molar-refractivity contribution in [1.82, 2.24) is 35.3 Å². The first-order chi connectivity index (χ1) is 19.4. The van der Waals surface area contributed by atoms with Crippen molar-refractivity contribution in [2.24, 2.45) is 11.8 Å². The van der Waals surface area contributed by atoms with E-state index in [0.29, 0.717) is 34.7 Å². The van der Waals surface area contributed by atoms with Crippen molar-refractivity contribution in [3.8, 4) is 11.3 Å². The van der Waals surface area contributed by atoms with Gasteiger partial charge < -0.3 is 19.0 Å². The number of nitrogens with one attached hydrogen (secondary N) is 2. The van der Waals surface area contributed by atoms with Gasteiger partial charge in [0, 0.05) is 24.5 Å². The maximum atomic E-state index is 11.8. The van der Waals surface area contributed by atoms with Crippen LogP contribution >= 0.6 is 11.6 Å². The van der Waals surface area contributed by atoms with Gasteiger partial charge in [-0.3, -0.25) is 10.3 Å². The number of fused-ring (bicyclic) bond motifs is 2. The topological polar surface area (TPSA) is 119 Å². The molecular weight excluding hydrogens is 532 g/mol. The molecule has 4 aliphatic rings. The second-order valence-corrected chi connectivity index (χ2v) is 12.3. The molecule has 40 heavy (non-hydrogen) atoms. The third kappa shape index (κ3) is 4.67. The number of hydrogen-bond donors (Lipinski definition) is 2. The minimum atomic E-state index is -0.697. The Morgan fingerprint density at radius 2 is 1.93 bits per heavy atom. The van der Waals surface area contributed by atoms with E-state index in [1.54, 1.807) is 12.4 Å². The van der Waals surface area contributed by atoms with Gasteiger partial charge in [-0.2, -0.15) is 4.98 Å². The van der Waals surface area contributed by atoms with Gasteiger partial charge in [0.05, 0.1) is 29.8 Å². The molecule has 4 atom stereocenters. The van der Waals surface area contributed by atoms with Crippen molar-refractivity contribution in [2.75, 3.05) is 11.5 Å². The first-order valence-electron chi connectivity index (χ1n) is 14.5.